The summed E-state index contributed by atoms with van der Waals surface area (Å²) < 4.78 is 3.88. The summed E-state index contributed by atoms with van der Waals surface area (Å²) in [6.45, 7) is 9.16. The third-order valence-electron chi connectivity index (χ3n) is 1.89. The number of aryl methyl sites for hydroxylation is 1. The number of nitrogens with zero attached hydrogens (tertiary/aromatic N) is 2. The van der Waals surface area contributed by atoms with E-state index in [1.54, 1.807) is 0 Å². The van der Waals surface area contributed by atoms with Gasteiger partial charge in [0.1, 0.15) is 0 Å². The molecule has 0 amide bonds. The Bertz CT molecular complexity index is 259. The Kier molecular flexibility index (Phi) is 5.00. The lowest BCUT2D eigenvalue weighted by Crippen LogP contribution is -2.31. The van der Waals surface area contributed by atoms with Crippen LogP contribution in [0.2, 0.25) is 0 Å². The summed E-state index contributed by atoms with van der Waals surface area (Å²) in [5.74, 6) is 0. The second kappa shape index (κ2) is 6.06. The molecule has 2 N–H and O–H groups in total. The van der Waals surface area contributed by atoms with Gasteiger partial charge in [0.25, 0.3) is 0 Å². The predicted molar refractivity (Wildman–Crippen MR) is 59.5 cm³/mol. The fourth-order valence-corrected chi connectivity index (χ4v) is 1.67. The quantitative estimate of drug-likeness (QED) is 0.692. The topological polar surface area (TPSA) is 49.8 Å². The van der Waals surface area contributed by atoms with Crippen LogP contribution in [-0.4, -0.2) is 28.7 Å². The molecule has 5 heteroatoms. The van der Waals surface area contributed by atoms with Crippen molar-refractivity contribution in [3.05, 3.63) is 10.6 Å². The molecule has 1 heterocycles. The van der Waals surface area contributed by atoms with Gasteiger partial charge in [0.2, 0.25) is 0 Å². The summed E-state index contributed by atoms with van der Waals surface area (Å²) in [5.41, 5.74) is 1.04. The molecule has 0 unspecified atom stereocenters. The minimum atomic E-state index is 0.559. The Morgan fingerprint density at radius 3 is 2.71 bits per heavy atom. The van der Waals surface area contributed by atoms with Crippen molar-refractivity contribution in [2.45, 2.75) is 33.4 Å². The number of rotatable bonds is 6. The van der Waals surface area contributed by atoms with Crippen LogP contribution in [0.15, 0.2) is 0 Å². The second-order valence-corrected chi connectivity index (χ2v) is 4.41. The molecular formula is C9H18N4S. The molecule has 80 valence electrons. The molecular weight excluding hydrogens is 196 g/mol. The van der Waals surface area contributed by atoms with Gasteiger partial charge in [-0.15, -0.1) is 5.10 Å². The lowest BCUT2D eigenvalue weighted by Gasteiger charge is -2.08. The van der Waals surface area contributed by atoms with Gasteiger partial charge in [-0.25, -0.2) is 0 Å². The standard InChI is InChI=1S/C9H18N4S/c1-7(2)11-5-4-10-6-9-8(3)12-13-14-9/h7,10-11H,4-6H2,1-3H3. The molecule has 1 aromatic heterocycles. The van der Waals surface area contributed by atoms with Gasteiger partial charge in [0.15, 0.2) is 0 Å². The monoisotopic (exact) mass is 214 g/mol. The Balaban J connectivity index is 2.08. The molecule has 14 heavy (non-hydrogen) atoms. The van der Waals surface area contributed by atoms with E-state index in [2.05, 4.69) is 34.1 Å². The van der Waals surface area contributed by atoms with Gasteiger partial charge in [-0.2, -0.15) is 0 Å². The van der Waals surface area contributed by atoms with Crippen LogP contribution in [0.1, 0.15) is 24.4 Å². The van der Waals surface area contributed by atoms with Gasteiger partial charge in [-0.1, -0.05) is 18.3 Å². The Morgan fingerprint density at radius 1 is 1.36 bits per heavy atom. The van der Waals surface area contributed by atoms with Crippen molar-refractivity contribution in [1.82, 2.24) is 20.2 Å². The van der Waals surface area contributed by atoms with Crippen molar-refractivity contribution >= 4 is 11.5 Å². The molecule has 1 aromatic rings. The van der Waals surface area contributed by atoms with E-state index in [9.17, 15) is 0 Å². The van der Waals surface area contributed by atoms with Crippen LogP contribution in [0.5, 0.6) is 0 Å². The van der Waals surface area contributed by atoms with Gasteiger partial charge < -0.3 is 10.6 Å². The molecule has 0 spiro atoms. The molecule has 0 aromatic carbocycles. The first kappa shape index (κ1) is 11.6. The molecule has 0 saturated carbocycles. The zero-order chi connectivity index (χ0) is 10.4. The third-order valence-corrected chi connectivity index (χ3v) is 2.71. The van der Waals surface area contributed by atoms with Crippen LogP contribution in [0.3, 0.4) is 0 Å². The van der Waals surface area contributed by atoms with Crippen molar-refractivity contribution in [1.29, 1.82) is 0 Å². The SMILES string of the molecule is Cc1nnsc1CNCCNC(C)C. The first-order valence-electron chi connectivity index (χ1n) is 4.92. The van der Waals surface area contributed by atoms with Crippen molar-refractivity contribution < 1.29 is 0 Å². The van der Waals surface area contributed by atoms with Crippen molar-refractivity contribution in [3.8, 4) is 0 Å². The molecule has 0 bridgehead atoms. The molecule has 0 atom stereocenters. The zero-order valence-electron chi connectivity index (χ0n) is 9.00. The molecule has 0 aliphatic heterocycles. The van der Waals surface area contributed by atoms with Crippen molar-refractivity contribution in [3.63, 3.8) is 0 Å². The highest BCUT2D eigenvalue weighted by atomic mass is 32.1. The van der Waals surface area contributed by atoms with Crippen LogP contribution in [0.4, 0.5) is 0 Å². The normalized spacial score (nSPS) is 11.1. The van der Waals surface area contributed by atoms with E-state index >= 15 is 0 Å². The number of nitrogens with one attached hydrogen (secondary N) is 2. The molecule has 1 rings (SSSR count). The fourth-order valence-electron chi connectivity index (χ4n) is 1.06. The van der Waals surface area contributed by atoms with Gasteiger partial charge in [-0.05, 0) is 18.5 Å². The molecule has 0 radical (unpaired) electrons. The molecule has 4 nitrogen and oxygen atoms in total. The van der Waals surface area contributed by atoms with Gasteiger partial charge in [0, 0.05) is 25.7 Å². The van der Waals surface area contributed by atoms with E-state index in [0.717, 1.165) is 25.3 Å². The summed E-state index contributed by atoms with van der Waals surface area (Å²) in [6.07, 6.45) is 0. The Hall–Kier alpha value is -0.520. The van der Waals surface area contributed by atoms with E-state index in [1.165, 1.54) is 16.4 Å². The Labute approximate surface area is 89.3 Å². The summed E-state index contributed by atoms with van der Waals surface area (Å²) in [6, 6.07) is 0.559. The highest BCUT2D eigenvalue weighted by Gasteiger charge is 2.01. The van der Waals surface area contributed by atoms with Crippen molar-refractivity contribution in [2.75, 3.05) is 13.1 Å². The molecule has 0 fully saturated rings. The maximum absolute atomic E-state index is 3.96. The van der Waals surface area contributed by atoms with E-state index in [-0.39, 0.29) is 0 Å². The minimum Gasteiger partial charge on any atom is -0.313 e. The second-order valence-electron chi connectivity index (χ2n) is 3.57. The van der Waals surface area contributed by atoms with Crippen LogP contribution >= 0.6 is 11.5 Å². The minimum absolute atomic E-state index is 0.559. The highest BCUT2D eigenvalue weighted by molar-refractivity contribution is 7.05. The highest BCUT2D eigenvalue weighted by Crippen LogP contribution is 2.07. The zero-order valence-corrected chi connectivity index (χ0v) is 9.82. The predicted octanol–water partition coefficient (Wildman–Crippen LogP) is 0.934. The van der Waals surface area contributed by atoms with Gasteiger partial charge in [0.05, 0.1) is 10.6 Å². The maximum atomic E-state index is 3.96. The summed E-state index contributed by atoms with van der Waals surface area (Å²) >= 11 is 1.47. The maximum Gasteiger partial charge on any atom is 0.0769 e. The van der Waals surface area contributed by atoms with Crippen LogP contribution < -0.4 is 10.6 Å². The summed E-state index contributed by atoms with van der Waals surface area (Å²) in [5, 5.41) is 10.7. The first-order chi connectivity index (χ1) is 6.70. The molecule has 0 aliphatic rings. The van der Waals surface area contributed by atoms with Gasteiger partial charge in [-0.3, -0.25) is 0 Å². The number of hydrogen-bond donors (Lipinski definition) is 2. The van der Waals surface area contributed by atoms with Crippen LogP contribution in [0, 0.1) is 6.92 Å². The molecule has 0 aliphatic carbocycles. The third kappa shape index (κ3) is 4.13. The molecule has 0 saturated heterocycles. The largest absolute Gasteiger partial charge is 0.313 e. The van der Waals surface area contributed by atoms with E-state index < -0.39 is 0 Å². The van der Waals surface area contributed by atoms with E-state index in [0.29, 0.717) is 6.04 Å². The lowest BCUT2D eigenvalue weighted by atomic mass is 10.4. The summed E-state index contributed by atoms with van der Waals surface area (Å²) in [7, 11) is 0. The van der Waals surface area contributed by atoms with Crippen molar-refractivity contribution in [2.24, 2.45) is 0 Å². The summed E-state index contributed by atoms with van der Waals surface area (Å²) in [4.78, 5) is 1.23. The number of aromatic nitrogens is 2. The van der Waals surface area contributed by atoms with Crippen LogP contribution in [-0.2, 0) is 6.54 Å². The smallest absolute Gasteiger partial charge is 0.0769 e. The fraction of sp³-hybridized carbons (Fsp3) is 0.778. The van der Waals surface area contributed by atoms with E-state index in [1.807, 2.05) is 6.92 Å². The van der Waals surface area contributed by atoms with Gasteiger partial charge >= 0.3 is 0 Å². The van der Waals surface area contributed by atoms with E-state index in [4.69, 9.17) is 0 Å². The lowest BCUT2D eigenvalue weighted by molar-refractivity contribution is 0.556. The number of hydrogen-bond acceptors (Lipinski definition) is 5. The van der Waals surface area contributed by atoms with Crippen LogP contribution in [0.25, 0.3) is 0 Å². The average Bonchev–Trinajstić information content (AvgIpc) is 2.51. The first-order valence-corrected chi connectivity index (χ1v) is 5.69. The Morgan fingerprint density at radius 2 is 2.14 bits per heavy atom. The average molecular weight is 214 g/mol.